The van der Waals surface area contributed by atoms with Gasteiger partial charge < -0.3 is 4.74 Å². The molecule has 3 nitrogen and oxygen atoms in total. The molecule has 0 amide bonds. The summed E-state index contributed by atoms with van der Waals surface area (Å²) in [5.74, 6) is -0.502. The van der Waals surface area contributed by atoms with Gasteiger partial charge in [0.2, 0.25) is 5.78 Å². The van der Waals surface area contributed by atoms with Gasteiger partial charge in [0.25, 0.3) is 0 Å². The number of Topliss-reactive ketones (excluding diaryl/α,β-unsaturated/α-hetero) is 1. The van der Waals surface area contributed by atoms with E-state index in [1.165, 1.54) is 16.2 Å². The number of ether oxygens (including phenoxy) is 1. The molecule has 1 aromatic carbocycles. The Kier molecular flexibility index (Phi) is 5.90. The van der Waals surface area contributed by atoms with Crippen LogP contribution >= 0.6 is 11.3 Å². The zero-order valence-electron chi connectivity index (χ0n) is 12.9. The van der Waals surface area contributed by atoms with Crippen LogP contribution in [0.3, 0.4) is 0 Å². The maximum Gasteiger partial charge on any atom is 0.306 e. The van der Waals surface area contributed by atoms with Gasteiger partial charge in [-0.1, -0.05) is 44.2 Å². The summed E-state index contributed by atoms with van der Waals surface area (Å²) < 4.78 is 5.47. The number of hydrogen-bond acceptors (Lipinski definition) is 4. The molecular formula is C18H20O3S. The Morgan fingerprint density at radius 2 is 1.82 bits per heavy atom. The van der Waals surface area contributed by atoms with Crippen molar-refractivity contribution in [1.82, 2.24) is 0 Å². The van der Waals surface area contributed by atoms with Crippen molar-refractivity contribution >= 4 is 23.1 Å². The minimum Gasteiger partial charge on any atom is -0.448 e. The molecule has 1 atom stereocenters. The van der Waals surface area contributed by atoms with E-state index in [1.807, 2.05) is 37.3 Å². The average molecular weight is 316 g/mol. The Balaban J connectivity index is 2.28. The lowest BCUT2D eigenvalue weighted by molar-refractivity contribution is -0.147. The Labute approximate surface area is 134 Å². The van der Waals surface area contributed by atoms with Crippen LogP contribution in [-0.4, -0.2) is 11.8 Å². The molecule has 1 heterocycles. The number of ketones is 1. The third-order valence-electron chi connectivity index (χ3n) is 3.29. The molecule has 0 aliphatic rings. The van der Waals surface area contributed by atoms with Crippen molar-refractivity contribution in [1.29, 1.82) is 0 Å². The van der Waals surface area contributed by atoms with Gasteiger partial charge in [0.05, 0.1) is 4.88 Å². The zero-order valence-corrected chi connectivity index (χ0v) is 13.7. The summed E-state index contributed by atoms with van der Waals surface area (Å²) in [5, 5.41) is 0. The van der Waals surface area contributed by atoms with E-state index in [0.29, 0.717) is 18.4 Å². The van der Waals surface area contributed by atoms with Crippen LogP contribution in [0.5, 0.6) is 0 Å². The second-order valence-electron chi connectivity index (χ2n) is 5.01. The molecule has 0 spiro atoms. The molecule has 4 heteroatoms. The molecule has 1 aromatic heterocycles. The van der Waals surface area contributed by atoms with Crippen molar-refractivity contribution in [2.24, 2.45) is 0 Å². The molecule has 2 rings (SSSR count). The van der Waals surface area contributed by atoms with Gasteiger partial charge in [0.1, 0.15) is 0 Å². The number of aryl methyl sites for hydroxylation is 1. The highest BCUT2D eigenvalue weighted by Gasteiger charge is 2.27. The summed E-state index contributed by atoms with van der Waals surface area (Å²) in [7, 11) is 0. The zero-order chi connectivity index (χ0) is 15.9. The van der Waals surface area contributed by atoms with Crippen LogP contribution in [-0.2, 0) is 16.0 Å². The fourth-order valence-electron chi connectivity index (χ4n) is 2.11. The predicted octanol–water partition coefficient (Wildman–Crippen LogP) is 4.58. The highest BCUT2D eigenvalue weighted by molar-refractivity contribution is 7.12. The highest BCUT2D eigenvalue weighted by Crippen LogP contribution is 2.30. The molecular weight excluding hydrogens is 296 g/mol. The fraction of sp³-hybridized carbons (Fsp3) is 0.333. The van der Waals surface area contributed by atoms with E-state index in [9.17, 15) is 9.59 Å². The Bertz CT molecular complexity index is 631. The first-order valence-corrected chi connectivity index (χ1v) is 8.34. The van der Waals surface area contributed by atoms with Crippen LogP contribution in [0, 0.1) is 0 Å². The van der Waals surface area contributed by atoms with Crippen molar-refractivity contribution in [2.75, 3.05) is 0 Å². The molecule has 0 saturated carbocycles. The molecule has 0 bridgehead atoms. The van der Waals surface area contributed by atoms with Crippen LogP contribution in [0.1, 0.15) is 52.9 Å². The molecule has 0 unspecified atom stereocenters. The minimum atomic E-state index is -0.841. The van der Waals surface area contributed by atoms with Crippen molar-refractivity contribution in [2.45, 2.75) is 39.2 Å². The summed E-state index contributed by atoms with van der Waals surface area (Å²) in [4.78, 5) is 26.5. The standard InChI is InChI=1S/C18H20O3S/c1-3-8-16(19)21-18(15-12-11-14(4-2)22-15)17(20)13-9-6-5-7-10-13/h5-7,9-12,18H,3-4,8H2,1-2H3/t18-/m0/s1. The molecule has 0 fully saturated rings. The first kappa shape index (κ1) is 16.4. The van der Waals surface area contributed by atoms with Gasteiger partial charge in [0.15, 0.2) is 6.10 Å². The monoisotopic (exact) mass is 316 g/mol. The van der Waals surface area contributed by atoms with Crippen LogP contribution in [0.2, 0.25) is 0 Å². The number of carbonyl (C=O) groups is 2. The summed E-state index contributed by atoms with van der Waals surface area (Å²) in [6.45, 7) is 3.97. The molecule has 0 radical (unpaired) electrons. The van der Waals surface area contributed by atoms with Crippen LogP contribution in [0.15, 0.2) is 42.5 Å². The van der Waals surface area contributed by atoms with Crippen molar-refractivity contribution in [3.8, 4) is 0 Å². The van der Waals surface area contributed by atoms with Gasteiger partial charge in [-0.25, -0.2) is 0 Å². The molecule has 0 N–H and O–H groups in total. The fourth-order valence-corrected chi connectivity index (χ4v) is 3.10. The minimum absolute atomic E-state index is 0.172. The molecule has 0 aliphatic carbocycles. The lowest BCUT2D eigenvalue weighted by Crippen LogP contribution is -2.19. The second-order valence-corrected chi connectivity index (χ2v) is 6.21. The Morgan fingerprint density at radius 1 is 1.09 bits per heavy atom. The highest BCUT2D eigenvalue weighted by atomic mass is 32.1. The number of hydrogen-bond donors (Lipinski definition) is 0. The van der Waals surface area contributed by atoms with Gasteiger partial charge in [-0.2, -0.15) is 0 Å². The lowest BCUT2D eigenvalue weighted by Gasteiger charge is -2.15. The number of thiophene rings is 1. The Hall–Kier alpha value is -1.94. The SMILES string of the molecule is CCCC(=O)O[C@H](C(=O)c1ccccc1)c1ccc(CC)s1. The van der Waals surface area contributed by atoms with E-state index < -0.39 is 6.10 Å². The molecule has 2 aromatic rings. The number of carbonyl (C=O) groups excluding carboxylic acids is 2. The Morgan fingerprint density at radius 3 is 2.41 bits per heavy atom. The van der Waals surface area contributed by atoms with Gasteiger partial charge in [-0.05, 0) is 25.0 Å². The first-order valence-electron chi connectivity index (χ1n) is 7.53. The average Bonchev–Trinajstić information content (AvgIpc) is 3.02. The molecule has 0 aliphatic heterocycles. The van der Waals surface area contributed by atoms with E-state index in [1.54, 1.807) is 12.1 Å². The first-order chi connectivity index (χ1) is 10.7. The topological polar surface area (TPSA) is 43.4 Å². The maximum absolute atomic E-state index is 12.7. The van der Waals surface area contributed by atoms with Crippen molar-refractivity contribution < 1.29 is 14.3 Å². The van der Waals surface area contributed by atoms with E-state index in [0.717, 1.165) is 11.3 Å². The van der Waals surface area contributed by atoms with Crippen molar-refractivity contribution in [3.05, 3.63) is 57.8 Å². The lowest BCUT2D eigenvalue weighted by atomic mass is 10.1. The number of esters is 1. The summed E-state index contributed by atoms with van der Waals surface area (Å²) in [5.41, 5.74) is 0.559. The van der Waals surface area contributed by atoms with Crippen LogP contribution in [0.25, 0.3) is 0 Å². The summed E-state index contributed by atoms with van der Waals surface area (Å²) >= 11 is 1.53. The third-order valence-corrected chi connectivity index (χ3v) is 4.56. The maximum atomic E-state index is 12.7. The van der Waals surface area contributed by atoms with Crippen molar-refractivity contribution in [3.63, 3.8) is 0 Å². The van der Waals surface area contributed by atoms with E-state index in [2.05, 4.69) is 6.92 Å². The van der Waals surface area contributed by atoms with Gasteiger partial charge in [0, 0.05) is 16.9 Å². The molecule has 0 saturated heterocycles. The predicted molar refractivity (Wildman–Crippen MR) is 88.2 cm³/mol. The smallest absolute Gasteiger partial charge is 0.306 e. The second kappa shape index (κ2) is 7.90. The third kappa shape index (κ3) is 4.04. The number of benzene rings is 1. The molecule has 116 valence electrons. The summed E-state index contributed by atoms with van der Waals surface area (Å²) in [6.07, 6.45) is 1.09. The van der Waals surface area contributed by atoms with Crippen LogP contribution < -0.4 is 0 Å². The quantitative estimate of drug-likeness (QED) is 0.555. The van der Waals surface area contributed by atoms with Gasteiger partial charge in [-0.3, -0.25) is 9.59 Å². The van der Waals surface area contributed by atoms with E-state index in [-0.39, 0.29) is 11.8 Å². The molecule has 22 heavy (non-hydrogen) atoms. The van der Waals surface area contributed by atoms with Gasteiger partial charge >= 0.3 is 5.97 Å². The van der Waals surface area contributed by atoms with E-state index in [4.69, 9.17) is 4.74 Å². The van der Waals surface area contributed by atoms with Gasteiger partial charge in [-0.15, -0.1) is 11.3 Å². The van der Waals surface area contributed by atoms with Crippen LogP contribution in [0.4, 0.5) is 0 Å². The van der Waals surface area contributed by atoms with E-state index >= 15 is 0 Å². The largest absolute Gasteiger partial charge is 0.448 e. The number of rotatable bonds is 7. The summed E-state index contributed by atoms with van der Waals surface area (Å²) in [6, 6.07) is 12.8. The normalized spacial score (nSPS) is 11.9.